The molecule has 2 nitrogen and oxygen atoms in total. The summed E-state index contributed by atoms with van der Waals surface area (Å²) in [7, 11) is 0. The van der Waals surface area contributed by atoms with E-state index in [0.717, 1.165) is 30.5 Å². The van der Waals surface area contributed by atoms with Gasteiger partial charge >= 0.3 is 0 Å². The van der Waals surface area contributed by atoms with Crippen molar-refractivity contribution in [2.24, 2.45) is 0 Å². The van der Waals surface area contributed by atoms with Crippen LogP contribution in [0, 0.1) is 0 Å². The molecule has 1 aliphatic rings. The van der Waals surface area contributed by atoms with Crippen molar-refractivity contribution in [2.45, 2.75) is 19.3 Å². The molecule has 5 heteroatoms. The highest BCUT2D eigenvalue weighted by Gasteiger charge is 2.20. The number of aromatic amines is 1. The number of hydrogen-bond acceptors (Lipinski definition) is 1. The number of benzene rings is 1. The second-order valence-corrected chi connectivity index (χ2v) is 5.36. The quantitative estimate of drug-likeness (QED) is 0.731. The molecule has 17 heavy (non-hydrogen) atoms. The Morgan fingerprint density at radius 2 is 1.88 bits per heavy atom. The Labute approximate surface area is 112 Å². The van der Waals surface area contributed by atoms with Crippen molar-refractivity contribution < 1.29 is 0 Å². The third-order valence-electron chi connectivity index (χ3n) is 3.17. The first kappa shape index (κ1) is 11.4. The van der Waals surface area contributed by atoms with Crippen molar-refractivity contribution in [2.75, 3.05) is 0 Å². The summed E-state index contributed by atoms with van der Waals surface area (Å²) < 4.78 is 0. The van der Waals surface area contributed by atoms with Crippen molar-refractivity contribution >= 4 is 45.7 Å². The topological polar surface area (TPSA) is 32.9 Å². The smallest absolute Gasteiger partial charge is 0.194 e. The molecular weight excluding hydrogens is 280 g/mol. The summed E-state index contributed by atoms with van der Waals surface area (Å²) in [6.45, 7) is 0. The zero-order valence-corrected chi connectivity index (χ0v) is 11.0. The number of H-pyrrole nitrogens is 1. The van der Waals surface area contributed by atoms with E-state index in [4.69, 9.17) is 34.8 Å². The van der Waals surface area contributed by atoms with Gasteiger partial charge in [0.25, 0.3) is 0 Å². The van der Waals surface area contributed by atoms with Crippen LogP contribution in [-0.4, -0.2) is 4.98 Å². The Morgan fingerprint density at radius 3 is 2.65 bits per heavy atom. The van der Waals surface area contributed by atoms with E-state index in [2.05, 4.69) is 4.98 Å². The maximum atomic E-state index is 12.3. The largest absolute Gasteiger partial charge is 0.357 e. The molecule has 1 aliphatic carbocycles. The van der Waals surface area contributed by atoms with Crippen LogP contribution in [0.5, 0.6) is 0 Å². The molecule has 0 spiro atoms. The van der Waals surface area contributed by atoms with Crippen LogP contribution in [0.3, 0.4) is 0 Å². The van der Waals surface area contributed by atoms with Crippen LogP contribution in [-0.2, 0) is 12.8 Å². The van der Waals surface area contributed by atoms with Crippen LogP contribution >= 0.6 is 34.8 Å². The van der Waals surface area contributed by atoms with Crippen molar-refractivity contribution in [3.63, 3.8) is 0 Å². The second-order valence-electron chi connectivity index (χ2n) is 4.17. The number of fused-ring (bicyclic) bond motifs is 2. The van der Waals surface area contributed by atoms with Gasteiger partial charge < -0.3 is 4.98 Å². The number of aromatic nitrogens is 1. The van der Waals surface area contributed by atoms with E-state index < -0.39 is 0 Å². The van der Waals surface area contributed by atoms with Gasteiger partial charge in [0.05, 0.1) is 26.0 Å². The molecule has 1 N–H and O–H groups in total. The predicted molar refractivity (Wildman–Crippen MR) is 71.6 cm³/mol. The van der Waals surface area contributed by atoms with Crippen LogP contribution in [0.1, 0.15) is 17.7 Å². The molecule has 0 fully saturated rings. The summed E-state index contributed by atoms with van der Waals surface area (Å²) in [5.74, 6) is 0. The highest BCUT2D eigenvalue weighted by molar-refractivity contribution is 6.47. The number of pyridine rings is 1. The van der Waals surface area contributed by atoms with Gasteiger partial charge in [-0.2, -0.15) is 0 Å². The zero-order chi connectivity index (χ0) is 12.2. The van der Waals surface area contributed by atoms with E-state index in [1.165, 1.54) is 0 Å². The molecule has 0 unspecified atom stereocenters. The highest BCUT2D eigenvalue weighted by atomic mass is 35.5. The summed E-state index contributed by atoms with van der Waals surface area (Å²) in [5.41, 5.74) is 2.34. The van der Waals surface area contributed by atoms with Gasteiger partial charge in [0.15, 0.2) is 5.43 Å². The number of nitrogens with one attached hydrogen (secondary N) is 1. The fourth-order valence-corrected chi connectivity index (χ4v) is 3.11. The van der Waals surface area contributed by atoms with Crippen molar-refractivity contribution in [1.29, 1.82) is 0 Å². The number of halogens is 3. The minimum Gasteiger partial charge on any atom is -0.357 e. The van der Waals surface area contributed by atoms with E-state index in [1.54, 1.807) is 6.07 Å². The Morgan fingerprint density at radius 1 is 1.12 bits per heavy atom. The average Bonchev–Trinajstić information content (AvgIpc) is 2.74. The highest BCUT2D eigenvalue weighted by Crippen LogP contribution is 2.34. The molecule has 0 saturated heterocycles. The molecule has 1 heterocycles. The van der Waals surface area contributed by atoms with Crippen LogP contribution in [0.15, 0.2) is 10.9 Å². The van der Waals surface area contributed by atoms with E-state index >= 15 is 0 Å². The van der Waals surface area contributed by atoms with Gasteiger partial charge in [-0.25, -0.2) is 0 Å². The van der Waals surface area contributed by atoms with Gasteiger partial charge in [-0.3, -0.25) is 4.79 Å². The van der Waals surface area contributed by atoms with Gasteiger partial charge in [0.1, 0.15) is 0 Å². The third kappa shape index (κ3) is 1.59. The Bertz CT molecular complexity index is 690. The van der Waals surface area contributed by atoms with E-state index in [-0.39, 0.29) is 10.5 Å². The van der Waals surface area contributed by atoms with Crippen LogP contribution in [0.2, 0.25) is 15.1 Å². The average molecular weight is 289 g/mol. The van der Waals surface area contributed by atoms with Crippen molar-refractivity contribution in [3.05, 3.63) is 42.6 Å². The summed E-state index contributed by atoms with van der Waals surface area (Å²) >= 11 is 18.1. The Kier molecular flexibility index (Phi) is 2.62. The van der Waals surface area contributed by atoms with Crippen LogP contribution < -0.4 is 5.43 Å². The minimum absolute atomic E-state index is 0.0411. The SMILES string of the molecule is O=c1c2c([nH]c3c(Cl)cc(Cl)c(Cl)c13)CCC2. The maximum absolute atomic E-state index is 12.3. The van der Waals surface area contributed by atoms with Gasteiger partial charge in [-0.1, -0.05) is 34.8 Å². The first-order chi connectivity index (χ1) is 8.09. The summed E-state index contributed by atoms with van der Waals surface area (Å²) in [4.78, 5) is 15.5. The predicted octanol–water partition coefficient (Wildman–Crippen LogP) is 3.98. The van der Waals surface area contributed by atoms with Gasteiger partial charge in [-0.05, 0) is 25.3 Å². The van der Waals surface area contributed by atoms with Gasteiger partial charge in [0, 0.05) is 11.3 Å². The normalized spacial score (nSPS) is 14.3. The van der Waals surface area contributed by atoms with Gasteiger partial charge in [-0.15, -0.1) is 0 Å². The first-order valence-corrected chi connectivity index (χ1v) is 6.44. The molecule has 0 amide bonds. The van der Waals surface area contributed by atoms with E-state index in [0.29, 0.717) is 20.9 Å². The summed E-state index contributed by atoms with van der Waals surface area (Å²) in [5, 5.41) is 1.43. The van der Waals surface area contributed by atoms with Crippen LogP contribution in [0.4, 0.5) is 0 Å². The zero-order valence-electron chi connectivity index (χ0n) is 8.74. The fourth-order valence-electron chi connectivity index (χ4n) is 2.36. The molecule has 0 radical (unpaired) electrons. The molecule has 1 aromatic heterocycles. The number of hydrogen-bond donors (Lipinski definition) is 1. The molecule has 0 atom stereocenters. The lowest BCUT2D eigenvalue weighted by atomic mass is 10.1. The fraction of sp³-hybridized carbons (Fsp3) is 0.250. The molecule has 2 aromatic rings. The minimum atomic E-state index is -0.0411. The molecule has 0 aliphatic heterocycles. The third-order valence-corrected chi connectivity index (χ3v) is 4.25. The summed E-state index contributed by atoms with van der Waals surface area (Å²) in [6, 6.07) is 1.56. The van der Waals surface area contributed by atoms with Crippen molar-refractivity contribution in [3.8, 4) is 0 Å². The molecule has 0 saturated carbocycles. The lowest BCUT2D eigenvalue weighted by Gasteiger charge is -2.08. The molecule has 0 bridgehead atoms. The molecule has 3 rings (SSSR count). The lowest BCUT2D eigenvalue weighted by Crippen LogP contribution is -2.11. The summed E-state index contributed by atoms with van der Waals surface area (Å²) in [6.07, 6.45) is 2.67. The standard InChI is InChI=1S/C12H8Cl3NO/c13-6-4-7(14)11-9(10(6)15)12(17)5-2-1-3-8(5)16-11/h4H,1-3H2,(H,16,17). The molecular formula is C12H8Cl3NO. The van der Waals surface area contributed by atoms with E-state index in [1.807, 2.05) is 0 Å². The van der Waals surface area contributed by atoms with Crippen LogP contribution in [0.25, 0.3) is 10.9 Å². The second kappa shape index (κ2) is 3.91. The number of rotatable bonds is 0. The van der Waals surface area contributed by atoms with E-state index in [9.17, 15) is 4.79 Å². The molecule has 1 aromatic carbocycles. The monoisotopic (exact) mass is 287 g/mol. The van der Waals surface area contributed by atoms with Gasteiger partial charge in [0.2, 0.25) is 0 Å². The first-order valence-electron chi connectivity index (χ1n) is 5.31. The van der Waals surface area contributed by atoms with Crippen molar-refractivity contribution in [1.82, 2.24) is 4.98 Å². The molecule has 88 valence electrons. The Balaban J connectivity index is 2.56. The lowest BCUT2D eigenvalue weighted by molar-refractivity contribution is 0.900. The maximum Gasteiger partial charge on any atom is 0.194 e. The number of aryl methyl sites for hydroxylation is 1. The Hall–Kier alpha value is -0.700.